The molecule has 1 aromatic heterocycles. The van der Waals surface area contributed by atoms with Gasteiger partial charge in [-0.15, -0.1) is 0 Å². The maximum atomic E-state index is 4.53. The standard InChI is InChI=1S/C15H25N3/c1-3-6-16-10-13-5-4-12(2)9-14(13)15-11-17-7-8-18-15/h7-8,11-14,16H,3-6,9-10H2,1-2H3. The molecule has 0 aromatic carbocycles. The first kappa shape index (κ1) is 13.5. The maximum absolute atomic E-state index is 4.53. The number of aromatic nitrogens is 2. The molecule has 1 aliphatic carbocycles. The zero-order valence-corrected chi connectivity index (χ0v) is 11.6. The van der Waals surface area contributed by atoms with Gasteiger partial charge in [-0.25, -0.2) is 0 Å². The zero-order valence-electron chi connectivity index (χ0n) is 11.6. The van der Waals surface area contributed by atoms with Crippen LogP contribution in [-0.4, -0.2) is 23.1 Å². The van der Waals surface area contributed by atoms with Gasteiger partial charge in [-0.05, 0) is 44.2 Å². The Bertz CT molecular complexity index is 339. The Hall–Kier alpha value is -0.960. The van der Waals surface area contributed by atoms with Gasteiger partial charge >= 0.3 is 0 Å². The van der Waals surface area contributed by atoms with Crippen LogP contribution in [0.15, 0.2) is 18.6 Å². The van der Waals surface area contributed by atoms with E-state index in [9.17, 15) is 0 Å². The highest BCUT2D eigenvalue weighted by atomic mass is 14.9. The minimum atomic E-state index is 0.590. The summed E-state index contributed by atoms with van der Waals surface area (Å²) < 4.78 is 0. The Labute approximate surface area is 110 Å². The topological polar surface area (TPSA) is 37.8 Å². The lowest BCUT2D eigenvalue weighted by molar-refractivity contribution is 0.238. The summed E-state index contributed by atoms with van der Waals surface area (Å²) in [6, 6.07) is 0. The third-order valence-corrected chi connectivity index (χ3v) is 4.05. The van der Waals surface area contributed by atoms with Crippen molar-refractivity contribution in [1.82, 2.24) is 15.3 Å². The Morgan fingerprint density at radius 2 is 2.22 bits per heavy atom. The molecule has 0 amide bonds. The molecule has 1 saturated carbocycles. The quantitative estimate of drug-likeness (QED) is 0.813. The third-order valence-electron chi connectivity index (χ3n) is 4.05. The molecule has 18 heavy (non-hydrogen) atoms. The van der Waals surface area contributed by atoms with E-state index in [1.807, 2.05) is 12.4 Å². The van der Waals surface area contributed by atoms with Crippen LogP contribution in [0.1, 0.15) is 51.1 Å². The second-order valence-electron chi connectivity index (χ2n) is 5.62. The fourth-order valence-corrected chi connectivity index (χ4v) is 3.02. The van der Waals surface area contributed by atoms with Crippen molar-refractivity contribution in [3.8, 4) is 0 Å². The van der Waals surface area contributed by atoms with Crippen LogP contribution < -0.4 is 5.32 Å². The van der Waals surface area contributed by atoms with Gasteiger partial charge in [0.1, 0.15) is 0 Å². The van der Waals surface area contributed by atoms with Crippen molar-refractivity contribution in [3.05, 3.63) is 24.3 Å². The average molecular weight is 247 g/mol. The summed E-state index contributed by atoms with van der Waals surface area (Å²) in [5.41, 5.74) is 1.19. The van der Waals surface area contributed by atoms with Gasteiger partial charge in [0.15, 0.2) is 0 Å². The van der Waals surface area contributed by atoms with Crippen LogP contribution in [0.25, 0.3) is 0 Å². The first-order valence-electron chi connectivity index (χ1n) is 7.28. The summed E-state index contributed by atoms with van der Waals surface area (Å²) in [5, 5.41) is 3.57. The molecule has 0 aliphatic heterocycles. The smallest absolute Gasteiger partial charge is 0.0620 e. The Morgan fingerprint density at radius 1 is 1.33 bits per heavy atom. The lowest BCUT2D eigenvalue weighted by atomic mass is 9.73. The molecule has 1 aliphatic rings. The van der Waals surface area contributed by atoms with Gasteiger partial charge in [0.25, 0.3) is 0 Å². The highest BCUT2D eigenvalue weighted by molar-refractivity contribution is 5.07. The van der Waals surface area contributed by atoms with E-state index in [4.69, 9.17) is 0 Å². The van der Waals surface area contributed by atoms with Crippen LogP contribution in [0.5, 0.6) is 0 Å². The molecule has 3 heteroatoms. The average Bonchev–Trinajstić information content (AvgIpc) is 2.41. The molecule has 1 N–H and O–H groups in total. The fraction of sp³-hybridized carbons (Fsp3) is 0.733. The predicted molar refractivity (Wildman–Crippen MR) is 74.4 cm³/mol. The zero-order chi connectivity index (χ0) is 12.8. The Kier molecular flexibility index (Phi) is 5.12. The summed E-state index contributed by atoms with van der Waals surface area (Å²) in [5.74, 6) is 2.13. The lowest BCUT2D eigenvalue weighted by Gasteiger charge is -2.34. The molecule has 1 aromatic rings. The molecule has 3 nitrogen and oxygen atoms in total. The molecule has 3 atom stereocenters. The Balaban J connectivity index is 2.02. The number of nitrogens with zero attached hydrogens (tertiary/aromatic N) is 2. The predicted octanol–water partition coefficient (Wildman–Crippen LogP) is 3.00. The molecular formula is C15H25N3. The van der Waals surface area contributed by atoms with Crippen molar-refractivity contribution in [2.45, 2.75) is 45.4 Å². The monoisotopic (exact) mass is 247 g/mol. The van der Waals surface area contributed by atoms with Crippen LogP contribution in [0.3, 0.4) is 0 Å². The summed E-state index contributed by atoms with van der Waals surface area (Å²) in [6.45, 7) is 6.83. The number of rotatable bonds is 5. The maximum Gasteiger partial charge on any atom is 0.0620 e. The fourth-order valence-electron chi connectivity index (χ4n) is 3.02. The molecule has 0 bridgehead atoms. The van der Waals surface area contributed by atoms with E-state index in [2.05, 4.69) is 29.1 Å². The minimum Gasteiger partial charge on any atom is -0.316 e. The second-order valence-corrected chi connectivity index (χ2v) is 5.62. The van der Waals surface area contributed by atoms with Gasteiger partial charge in [0, 0.05) is 24.5 Å². The van der Waals surface area contributed by atoms with Gasteiger partial charge in [0.05, 0.1) is 5.69 Å². The van der Waals surface area contributed by atoms with E-state index in [-0.39, 0.29) is 0 Å². The van der Waals surface area contributed by atoms with Crippen LogP contribution >= 0.6 is 0 Å². The van der Waals surface area contributed by atoms with E-state index in [0.717, 1.165) is 24.9 Å². The van der Waals surface area contributed by atoms with Crippen LogP contribution in [0.4, 0.5) is 0 Å². The van der Waals surface area contributed by atoms with Gasteiger partial charge in [0.2, 0.25) is 0 Å². The first-order valence-corrected chi connectivity index (χ1v) is 7.28. The van der Waals surface area contributed by atoms with Gasteiger partial charge in [-0.2, -0.15) is 0 Å². The molecule has 2 rings (SSSR count). The largest absolute Gasteiger partial charge is 0.316 e. The van der Waals surface area contributed by atoms with Gasteiger partial charge in [-0.3, -0.25) is 9.97 Å². The first-order chi connectivity index (χ1) is 8.81. The summed E-state index contributed by atoms with van der Waals surface area (Å²) in [7, 11) is 0. The summed E-state index contributed by atoms with van der Waals surface area (Å²) in [4.78, 5) is 8.76. The summed E-state index contributed by atoms with van der Waals surface area (Å²) >= 11 is 0. The molecule has 0 radical (unpaired) electrons. The molecule has 1 heterocycles. The lowest BCUT2D eigenvalue weighted by Crippen LogP contribution is -2.32. The van der Waals surface area contributed by atoms with Crippen LogP contribution in [0.2, 0.25) is 0 Å². The van der Waals surface area contributed by atoms with Crippen LogP contribution in [-0.2, 0) is 0 Å². The second kappa shape index (κ2) is 6.83. The van der Waals surface area contributed by atoms with Crippen LogP contribution in [0, 0.1) is 11.8 Å². The van der Waals surface area contributed by atoms with Crippen molar-refractivity contribution in [1.29, 1.82) is 0 Å². The van der Waals surface area contributed by atoms with Crippen molar-refractivity contribution >= 4 is 0 Å². The van der Waals surface area contributed by atoms with E-state index in [0.29, 0.717) is 5.92 Å². The van der Waals surface area contributed by atoms with Crippen molar-refractivity contribution in [3.63, 3.8) is 0 Å². The van der Waals surface area contributed by atoms with E-state index in [1.165, 1.54) is 31.4 Å². The van der Waals surface area contributed by atoms with E-state index in [1.54, 1.807) is 6.20 Å². The minimum absolute atomic E-state index is 0.590. The molecule has 0 saturated heterocycles. The van der Waals surface area contributed by atoms with E-state index < -0.39 is 0 Å². The molecular weight excluding hydrogens is 222 g/mol. The molecule has 0 spiro atoms. The van der Waals surface area contributed by atoms with Gasteiger partial charge in [-0.1, -0.05) is 20.3 Å². The van der Waals surface area contributed by atoms with Crippen molar-refractivity contribution in [2.24, 2.45) is 11.8 Å². The summed E-state index contributed by atoms with van der Waals surface area (Å²) in [6.07, 6.45) is 10.7. The highest BCUT2D eigenvalue weighted by Gasteiger charge is 2.30. The van der Waals surface area contributed by atoms with Gasteiger partial charge < -0.3 is 5.32 Å². The normalized spacial score (nSPS) is 28.2. The molecule has 100 valence electrons. The SMILES string of the molecule is CCCNCC1CCC(C)CC1c1cnccn1. The van der Waals surface area contributed by atoms with Crippen molar-refractivity contribution in [2.75, 3.05) is 13.1 Å². The van der Waals surface area contributed by atoms with Crippen molar-refractivity contribution < 1.29 is 0 Å². The number of hydrogen-bond donors (Lipinski definition) is 1. The molecule has 1 fully saturated rings. The Morgan fingerprint density at radius 3 is 2.94 bits per heavy atom. The third kappa shape index (κ3) is 3.52. The number of hydrogen-bond acceptors (Lipinski definition) is 3. The van der Waals surface area contributed by atoms with E-state index >= 15 is 0 Å². The number of nitrogens with one attached hydrogen (secondary N) is 1. The molecule has 3 unspecified atom stereocenters. The highest BCUT2D eigenvalue weighted by Crippen LogP contribution is 2.39.